The highest BCUT2D eigenvalue weighted by atomic mass is 32.2. The molecule has 2 N–H and O–H groups in total. The highest BCUT2D eigenvalue weighted by Gasteiger charge is 2.01. The Hall–Kier alpha value is -1.00. The fraction of sp³-hybridized carbons (Fsp3) is 0.500. The number of rotatable bonds is 7. The van der Waals surface area contributed by atoms with Crippen molar-refractivity contribution in [3.8, 4) is 0 Å². The predicted octanol–water partition coefficient (Wildman–Crippen LogP) is 3.13. The van der Waals surface area contributed by atoms with E-state index in [4.69, 9.17) is 0 Å². The van der Waals surface area contributed by atoms with E-state index in [1.807, 2.05) is 36.0 Å². The normalized spacial score (nSPS) is 12.2. The first-order chi connectivity index (χ1) is 8.61. The van der Waals surface area contributed by atoms with Crippen LogP contribution in [0.15, 0.2) is 29.2 Å². The fourth-order valence-corrected chi connectivity index (χ4v) is 2.68. The number of benzene rings is 1. The van der Waals surface area contributed by atoms with Crippen molar-refractivity contribution in [3.05, 3.63) is 24.3 Å². The van der Waals surface area contributed by atoms with E-state index in [1.165, 1.54) is 11.8 Å². The quantitative estimate of drug-likeness (QED) is 0.745. The summed E-state index contributed by atoms with van der Waals surface area (Å²) in [4.78, 5) is 12.1. The summed E-state index contributed by atoms with van der Waals surface area (Å²) in [6.45, 7) is 6.89. The molecule has 1 aromatic carbocycles. The van der Waals surface area contributed by atoms with Gasteiger partial charge in [-0.1, -0.05) is 6.92 Å². The van der Waals surface area contributed by atoms with E-state index in [2.05, 4.69) is 24.5 Å². The van der Waals surface area contributed by atoms with Crippen LogP contribution in [0.4, 0.5) is 5.69 Å². The molecule has 0 aliphatic carbocycles. The number of anilines is 1. The van der Waals surface area contributed by atoms with E-state index in [-0.39, 0.29) is 5.91 Å². The lowest BCUT2D eigenvalue weighted by Gasteiger charge is -2.11. The smallest absolute Gasteiger partial charge is 0.221 e. The summed E-state index contributed by atoms with van der Waals surface area (Å²) >= 11 is 1.85. The second-order valence-electron chi connectivity index (χ2n) is 4.30. The van der Waals surface area contributed by atoms with Gasteiger partial charge in [0.25, 0.3) is 0 Å². The summed E-state index contributed by atoms with van der Waals surface area (Å²) in [5.74, 6) is 1.07. The van der Waals surface area contributed by atoms with Crippen LogP contribution in [0.25, 0.3) is 0 Å². The Labute approximate surface area is 114 Å². The van der Waals surface area contributed by atoms with Gasteiger partial charge in [-0.05, 0) is 49.9 Å². The molecular formula is C14H22N2OS. The molecule has 0 saturated carbocycles. The standard InChI is InChI=1S/C14H22N2OS/c1-4-15-11(2)9-10-18-14-7-5-13(6-8-14)16-12(3)17/h5-8,11,15H,4,9-10H2,1-3H3,(H,16,17). The molecule has 1 amide bonds. The van der Waals surface area contributed by atoms with Gasteiger partial charge in [0.2, 0.25) is 5.91 Å². The Kier molecular flexibility index (Phi) is 6.83. The Morgan fingerprint density at radius 1 is 1.33 bits per heavy atom. The van der Waals surface area contributed by atoms with Gasteiger partial charge in [-0.15, -0.1) is 11.8 Å². The number of nitrogens with one attached hydrogen (secondary N) is 2. The SMILES string of the molecule is CCNC(C)CCSc1ccc(NC(C)=O)cc1. The van der Waals surface area contributed by atoms with Gasteiger partial charge in [0.15, 0.2) is 0 Å². The van der Waals surface area contributed by atoms with Crippen molar-refractivity contribution in [1.82, 2.24) is 5.32 Å². The van der Waals surface area contributed by atoms with Crippen LogP contribution in [0.2, 0.25) is 0 Å². The van der Waals surface area contributed by atoms with Crippen LogP contribution in [0.5, 0.6) is 0 Å². The van der Waals surface area contributed by atoms with Crippen molar-refractivity contribution in [3.63, 3.8) is 0 Å². The molecule has 0 fully saturated rings. The van der Waals surface area contributed by atoms with Crippen LogP contribution in [0, 0.1) is 0 Å². The molecule has 1 unspecified atom stereocenters. The first kappa shape index (κ1) is 15.1. The summed E-state index contributed by atoms with van der Waals surface area (Å²) in [6.07, 6.45) is 1.16. The molecule has 1 aromatic rings. The molecule has 4 heteroatoms. The van der Waals surface area contributed by atoms with E-state index in [9.17, 15) is 4.79 Å². The van der Waals surface area contributed by atoms with Crippen LogP contribution < -0.4 is 10.6 Å². The lowest BCUT2D eigenvalue weighted by molar-refractivity contribution is -0.114. The average molecular weight is 266 g/mol. The Morgan fingerprint density at radius 2 is 2.00 bits per heavy atom. The predicted molar refractivity (Wildman–Crippen MR) is 79.2 cm³/mol. The minimum Gasteiger partial charge on any atom is -0.326 e. The van der Waals surface area contributed by atoms with Gasteiger partial charge >= 0.3 is 0 Å². The zero-order valence-corrected chi connectivity index (χ0v) is 12.1. The van der Waals surface area contributed by atoms with Crippen molar-refractivity contribution in [2.75, 3.05) is 17.6 Å². The van der Waals surface area contributed by atoms with E-state index >= 15 is 0 Å². The van der Waals surface area contributed by atoms with Crippen molar-refractivity contribution >= 4 is 23.4 Å². The van der Waals surface area contributed by atoms with Crippen LogP contribution >= 0.6 is 11.8 Å². The Morgan fingerprint density at radius 3 is 2.56 bits per heavy atom. The second-order valence-corrected chi connectivity index (χ2v) is 5.47. The fourth-order valence-electron chi connectivity index (χ4n) is 1.64. The highest BCUT2D eigenvalue weighted by Crippen LogP contribution is 2.21. The number of amides is 1. The third kappa shape index (κ3) is 6.07. The van der Waals surface area contributed by atoms with Gasteiger partial charge in [0.1, 0.15) is 0 Å². The van der Waals surface area contributed by atoms with E-state index in [0.717, 1.165) is 24.4 Å². The maximum absolute atomic E-state index is 10.9. The van der Waals surface area contributed by atoms with Crippen molar-refractivity contribution in [1.29, 1.82) is 0 Å². The number of hydrogen-bond acceptors (Lipinski definition) is 3. The zero-order chi connectivity index (χ0) is 13.4. The molecule has 0 aliphatic rings. The maximum Gasteiger partial charge on any atom is 0.221 e. The summed E-state index contributed by atoms with van der Waals surface area (Å²) in [5, 5.41) is 6.17. The Bertz CT molecular complexity index is 365. The zero-order valence-electron chi connectivity index (χ0n) is 11.3. The van der Waals surface area contributed by atoms with Crippen LogP contribution in [0.1, 0.15) is 27.2 Å². The van der Waals surface area contributed by atoms with Gasteiger partial charge in [0.05, 0.1) is 0 Å². The molecule has 3 nitrogen and oxygen atoms in total. The summed E-state index contributed by atoms with van der Waals surface area (Å²) < 4.78 is 0. The summed E-state index contributed by atoms with van der Waals surface area (Å²) in [7, 11) is 0. The monoisotopic (exact) mass is 266 g/mol. The molecule has 100 valence electrons. The number of thioether (sulfide) groups is 1. The molecule has 0 saturated heterocycles. The largest absolute Gasteiger partial charge is 0.326 e. The minimum atomic E-state index is -0.0325. The summed E-state index contributed by atoms with van der Waals surface area (Å²) in [5.41, 5.74) is 0.855. The van der Waals surface area contributed by atoms with Gasteiger partial charge in [-0.25, -0.2) is 0 Å². The molecule has 0 radical (unpaired) electrons. The van der Waals surface area contributed by atoms with Gasteiger partial charge in [-0.2, -0.15) is 0 Å². The van der Waals surface area contributed by atoms with Gasteiger partial charge in [0, 0.05) is 23.5 Å². The number of carbonyl (C=O) groups is 1. The lowest BCUT2D eigenvalue weighted by Crippen LogP contribution is -2.25. The minimum absolute atomic E-state index is 0.0325. The van der Waals surface area contributed by atoms with Crippen LogP contribution in [0.3, 0.4) is 0 Å². The van der Waals surface area contributed by atoms with Crippen molar-refractivity contribution < 1.29 is 4.79 Å². The molecule has 1 atom stereocenters. The van der Waals surface area contributed by atoms with E-state index < -0.39 is 0 Å². The highest BCUT2D eigenvalue weighted by molar-refractivity contribution is 7.99. The molecule has 0 bridgehead atoms. The molecule has 18 heavy (non-hydrogen) atoms. The average Bonchev–Trinajstić information content (AvgIpc) is 2.31. The van der Waals surface area contributed by atoms with Gasteiger partial charge in [-0.3, -0.25) is 4.79 Å². The van der Waals surface area contributed by atoms with Gasteiger partial charge < -0.3 is 10.6 Å². The summed E-state index contributed by atoms with van der Waals surface area (Å²) in [6, 6.07) is 8.55. The molecule has 0 heterocycles. The third-order valence-corrected chi connectivity index (χ3v) is 3.59. The number of carbonyl (C=O) groups excluding carboxylic acids is 1. The second kappa shape index (κ2) is 8.16. The first-order valence-corrected chi connectivity index (χ1v) is 7.34. The van der Waals surface area contributed by atoms with E-state index in [0.29, 0.717) is 6.04 Å². The maximum atomic E-state index is 10.9. The lowest BCUT2D eigenvalue weighted by atomic mass is 10.3. The molecule has 0 spiro atoms. The third-order valence-electron chi connectivity index (χ3n) is 2.55. The topological polar surface area (TPSA) is 41.1 Å². The molecule has 1 rings (SSSR count). The van der Waals surface area contributed by atoms with E-state index in [1.54, 1.807) is 0 Å². The Balaban J connectivity index is 2.32. The molecular weight excluding hydrogens is 244 g/mol. The molecule has 0 aliphatic heterocycles. The van der Waals surface area contributed by atoms with Crippen LogP contribution in [-0.4, -0.2) is 24.2 Å². The van der Waals surface area contributed by atoms with Crippen LogP contribution in [-0.2, 0) is 4.79 Å². The van der Waals surface area contributed by atoms with Crippen molar-refractivity contribution in [2.45, 2.75) is 38.1 Å². The number of hydrogen-bond donors (Lipinski definition) is 2. The van der Waals surface area contributed by atoms with Crippen molar-refractivity contribution in [2.24, 2.45) is 0 Å². The molecule has 0 aromatic heterocycles. The first-order valence-electron chi connectivity index (χ1n) is 6.35.